The lowest BCUT2D eigenvalue weighted by Crippen LogP contribution is -2.16. The van der Waals surface area contributed by atoms with Crippen molar-refractivity contribution in [3.8, 4) is 0 Å². The number of rotatable bonds is 1. The van der Waals surface area contributed by atoms with Crippen LogP contribution >= 0.6 is 0 Å². The van der Waals surface area contributed by atoms with E-state index in [2.05, 4.69) is 15.7 Å². The summed E-state index contributed by atoms with van der Waals surface area (Å²) < 4.78 is 2.09. The summed E-state index contributed by atoms with van der Waals surface area (Å²) in [6.45, 7) is 2.01. The Balaban J connectivity index is 2.90. The SMILES string of the molecule is Cc1c(/C(N)=N/N)c2ccccc2n1C. The molecule has 0 amide bonds. The van der Waals surface area contributed by atoms with Crippen LogP contribution in [-0.2, 0) is 7.05 Å². The highest BCUT2D eigenvalue weighted by atomic mass is 15.2. The number of hydrazone groups is 1. The van der Waals surface area contributed by atoms with Crippen molar-refractivity contribution in [2.75, 3.05) is 0 Å². The van der Waals surface area contributed by atoms with E-state index in [1.165, 1.54) is 0 Å². The van der Waals surface area contributed by atoms with E-state index in [1.54, 1.807) is 0 Å². The molecule has 4 heteroatoms. The molecule has 1 aromatic carbocycles. The monoisotopic (exact) mass is 202 g/mol. The quantitative estimate of drug-likeness (QED) is 0.314. The lowest BCUT2D eigenvalue weighted by Gasteiger charge is -1.99. The number of nitrogens with zero attached hydrogens (tertiary/aromatic N) is 2. The smallest absolute Gasteiger partial charge is 0.152 e. The number of para-hydroxylation sites is 1. The summed E-state index contributed by atoms with van der Waals surface area (Å²) in [4.78, 5) is 0. The molecule has 0 saturated carbocycles. The molecule has 2 aromatic rings. The molecule has 0 saturated heterocycles. The fraction of sp³-hybridized carbons (Fsp3) is 0.182. The van der Waals surface area contributed by atoms with E-state index in [0.717, 1.165) is 22.2 Å². The molecular weight excluding hydrogens is 188 g/mol. The maximum atomic E-state index is 5.79. The van der Waals surface area contributed by atoms with Crippen molar-refractivity contribution >= 4 is 16.7 Å². The molecule has 4 N–H and O–H groups in total. The number of amidine groups is 1. The Morgan fingerprint density at radius 2 is 2.00 bits per heavy atom. The van der Waals surface area contributed by atoms with Gasteiger partial charge in [-0.2, -0.15) is 5.10 Å². The highest BCUT2D eigenvalue weighted by Gasteiger charge is 2.13. The number of aromatic nitrogens is 1. The standard InChI is InChI=1S/C11H14N4/c1-7-10(11(12)14-13)8-5-3-4-6-9(8)15(7)2/h3-6H,13H2,1-2H3,(H2,12,14). The molecule has 0 aliphatic carbocycles. The molecule has 4 nitrogen and oxygen atoms in total. The third-order valence-electron chi connectivity index (χ3n) is 2.79. The molecule has 78 valence electrons. The Hall–Kier alpha value is -1.97. The first-order valence-electron chi connectivity index (χ1n) is 4.74. The van der Waals surface area contributed by atoms with Gasteiger partial charge in [0.2, 0.25) is 0 Å². The van der Waals surface area contributed by atoms with Crippen LogP contribution in [0.1, 0.15) is 11.3 Å². The molecule has 0 bridgehead atoms. The molecule has 0 unspecified atom stereocenters. The Bertz CT molecular complexity index is 537. The van der Waals surface area contributed by atoms with Crippen molar-refractivity contribution < 1.29 is 0 Å². The van der Waals surface area contributed by atoms with E-state index in [-0.39, 0.29) is 0 Å². The summed E-state index contributed by atoms with van der Waals surface area (Å²) in [5.74, 6) is 5.61. The van der Waals surface area contributed by atoms with Gasteiger partial charge in [-0.1, -0.05) is 18.2 Å². The predicted octanol–water partition coefficient (Wildman–Crippen LogP) is 1.07. The number of hydrogen-bond acceptors (Lipinski definition) is 2. The van der Waals surface area contributed by atoms with E-state index in [4.69, 9.17) is 11.6 Å². The van der Waals surface area contributed by atoms with Gasteiger partial charge in [-0.25, -0.2) is 0 Å². The normalized spacial score (nSPS) is 12.3. The van der Waals surface area contributed by atoms with Crippen molar-refractivity contribution in [2.45, 2.75) is 6.92 Å². The second kappa shape index (κ2) is 3.31. The van der Waals surface area contributed by atoms with Crippen LogP contribution in [0.25, 0.3) is 10.9 Å². The van der Waals surface area contributed by atoms with Crippen LogP contribution in [-0.4, -0.2) is 10.4 Å². The zero-order valence-corrected chi connectivity index (χ0v) is 8.86. The van der Waals surface area contributed by atoms with Gasteiger partial charge in [0.05, 0.1) is 0 Å². The minimum absolute atomic E-state index is 0.379. The van der Waals surface area contributed by atoms with Crippen molar-refractivity contribution in [1.29, 1.82) is 0 Å². The van der Waals surface area contributed by atoms with E-state index < -0.39 is 0 Å². The lowest BCUT2D eigenvalue weighted by atomic mass is 10.1. The van der Waals surface area contributed by atoms with Crippen molar-refractivity contribution in [1.82, 2.24) is 4.57 Å². The molecule has 1 aromatic heterocycles. The number of fused-ring (bicyclic) bond motifs is 1. The molecule has 0 radical (unpaired) electrons. The number of hydrogen-bond donors (Lipinski definition) is 2. The van der Waals surface area contributed by atoms with Gasteiger partial charge in [0.15, 0.2) is 5.84 Å². The summed E-state index contributed by atoms with van der Waals surface area (Å²) >= 11 is 0. The second-order valence-corrected chi connectivity index (χ2v) is 3.55. The average molecular weight is 202 g/mol. The first kappa shape index (κ1) is 9.58. The van der Waals surface area contributed by atoms with Gasteiger partial charge in [-0.15, -0.1) is 0 Å². The number of aryl methyl sites for hydroxylation is 1. The first-order valence-corrected chi connectivity index (χ1v) is 4.74. The summed E-state index contributed by atoms with van der Waals surface area (Å²) in [6, 6.07) is 8.06. The van der Waals surface area contributed by atoms with E-state index in [0.29, 0.717) is 5.84 Å². The minimum Gasteiger partial charge on any atom is -0.382 e. The Morgan fingerprint density at radius 1 is 1.33 bits per heavy atom. The van der Waals surface area contributed by atoms with E-state index in [1.807, 2.05) is 32.2 Å². The highest BCUT2D eigenvalue weighted by molar-refractivity contribution is 6.10. The van der Waals surface area contributed by atoms with Crippen molar-refractivity contribution in [2.24, 2.45) is 23.7 Å². The average Bonchev–Trinajstić information content (AvgIpc) is 2.52. The summed E-state index contributed by atoms with van der Waals surface area (Å²) in [5, 5.41) is 4.65. The van der Waals surface area contributed by atoms with Crippen LogP contribution in [0.5, 0.6) is 0 Å². The maximum absolute atomic E-state index is 5.79. The molecule has 0 fully saturated rings. The van der Waals surface area contributed by atoms with Gasteiger partial charge in [0.1, 0.15) is 0 Å². The van der Waals surface area contributed by atoms with Crippen molar-refractivity contribution in [3.63, 3.8) is 0 Å². The summed E-state index contributed by atoms with van der Waals surface area (Å²) in [7, 11) is 2.00. The van der Waals surface area contributed by atoms with Crippen LogP contribution in [0.15, 0.2) is 29.4 Å². The van der Waals surface area contributed by atoms with Crippen molar-refractivity contribution in [3.05, 3.63) is 35.5 Å². The largest absolute Gasteiger partial charge is 0.382 e. The zero-order chi connectivity index (χ0) is 11.0. The van der Waals surface area contributed by atoms with Crippen LogP contribution in [0.2, 0.25) is 0 Å². The Labute approximate surface area is 88.2 Å². The molecule has 0 atom stereocenters. The molecule has 1 heterocycles. The Kier molecular flexibility index (Phi) is 2.11. The van der Waals surface area contributed by atoms with Gasteiger partial charge < -0.3 is 16.1 Å². The third kappa shape index (κ3) is 1.26. The lowest BCUT2D eigenvalue weighted by molar-refractivity contribution is 0.915. The van der Waals surface area contributed by atoms with Gasteiger partial charge in [-0.3, -0.25) is 0 Å². The molecule has 0 aliphatic heterocycles. The molecular formula is C11H14N4. The second-order valence-electron chi connectivity index (χ2n) is 3.55. The molecule has 2 rings (SSSR count). The predicted molar refractivity (Wildman–Crippen MR) is 62.6 cm³/mol. The third-order valence-corrected chi connectivity index (χ3v) is 2.79. The number of benzene rings is 1. The minimum atomic E-state index is 0.379. The summed E-state index contributed by atoms with van der Waals surface area (Å²) in [6.07, 6.45) is 0. The Morgan fingerprint density at radius 3 is 2.67 bits per heavy atom. The van der Waals surface area contributed by atoms with Gasteiger partial charge in [0.25, 0.3) is 0 Å². The molecule has 0 aliphatic rings. The zero-order valence-electron chi connectivity index (χ0n) is 8.86. The molecule has 15 heavy (non-hydrogen) atoms. The van der Waals surface area contributed by atoms with E-state index >= 15 is 0 Å². The van der Waals surface area contributed by atoms with Gasteiger partial charge in [-0.05, 0) is 13.0 Å². The van der Waals surface area contributed by atoms with Crippen LogP contribution in [0, 0.1) is 6.92 Å². The maximum Gasteiger partial charge on any atom is 0.152 e. The van der Waals surface area contributed by atoms with Crippen LogP contribution in [0.4, 0.5) is 0 Å². The number of nitrogens with two attached hydrogens (primary N) is 2. The highest BCUT2D eigenvalue weighted by Crippen LogP contribution is 2.24. The van der Waals surface area contributed by atoms with Gasteiger partial charge in [0, 0.05) is 29.2 Å². The van der Waals surface area contributed by atoms with Gasteiger partial charge >= 0.3 is 0 Å². The molecule has 0 spiro atoms. The first-order chi connectivity index (χ1) is 7.16. The topological polar surface area (TPSA) is 69.3 Å². The summed E-state index contributed by atoms with van der Waals surface area (Å²) in [5.41, 5.74) is 8.92. The fourth-order valence-electron chi connectivity index (χ4n) is 1.91. The van der Waals surface area contributed by atoms with Crippen LogP contribution in [0.3, 0.4) is 0 Å². The fourth-order valence-corrected chi connectivity index (χ4v) is 1.91. The van der Waals surface area contributed by atoms with Crippen LogP contribution < -0.4 is 11.6 Å². The van der Waals surface area contributed by atoms with E-state index in [9.17, 15) is 0 Å².